The Bertz CT molecular complexity index is 820. The van der Waals surface area contributed by atoms with Crippen LogP contribution in [0.2, 0.25) is 0 Å². The van der Waals surface area contributed by atoms with Gasteiger partial charge in [0.25, 0.3) is 5.91 Å². The fourth-order valence-corrected chi connectivity index (χ4v) is 3.88. The lowest BCUT2D eigenvalue weighted by molar-refractivity contribution is -0.908. The van der Waals surface area contributed by atoms with Crippen molar-refractivity contribution in [2.75, 3.05) is 51.8 Å². The van der Waals surface area contributed by atoms with Gasteiger partial charge in [-0.25, -0.2) is 0 Å². The third kappa shape index (κ3) is 5.25. The maximum atomic E-state index is 13.1. The summed E-state index contributed by atoms with van der Waals surface area (Å²) in [6.07, 6.45) is 0. The van der Waals surface area contributed by atoms with Crippen LogP contribution >= 0.6 is 0 Å². The predicted molar refractivity (Wildman–Crippen MR) is 119 cm³/mol. The van der Waals surface area contributed by atoms with Crippen LogP contribution in [0.25, 0.3) is 0 Å². The van der Waals surface area contributed by atoms with E-state index in [0.29, 0.717) is 6.61 Å². The lowest BCUT2D eigenvalue weighted by atomic mass is 10.1. The summed E-state index contributed by atoms with van der Waals surface area (Å²) in [5, 5.41) is 0. The van der Waals surface area contributed by atoms with Crippen LogP contribution in [0.3, 0.4) is 0 Å². The van der Waals surface area contributed by atoms with E-state index >= 15 is 0 Å². The van der Waals surface area contributed by atoms with Crippen molar-refractivity contribution in [3.8, 4) is 11.5 Å². The van der Waals surface area contributed by atoms with E-state index in [4.69, 9.17) is 9.47 Å². The van der Waals surface area contributed by atoms with Crippen molar-refractivity contribution in [2.24, 2.45) is 0 Å². The molecule has 1 heterocycles. The van der Waals surface area contributed by atoms with Gasteiger partial charge in [-0.1, -0.05) is 18.2 Å². The molecule has 0 saturated carbocycles. The molecule has 0 radical (unpaired) electrons. The maximum absolute atomic E-state index is 13.1. The Balaban J connectivity index is 1.56. The Hall–Kier alpha value is -2.73. The van der Waals surface area contributed by atoms with E-state index in [-0.39, 0.29) is 11.9 Å². The number of nitrogens with one attached hydrogen (secondary N) is 1. The van der Waals surface area contributed by atoms with Gasteiger partial charge in [0.2, 0.25) is 0 Å². The summed E-state index contributed by atoms with van der Waals surface area (Å²) in [5.74, 6) is 1.71. The number of rotatable bonds is 8. The van der Waals surface area contributed by atoms with Crippen LogP contribution < -0.4 is 19.3 Å². The molecule has 0 spiro atoms. The summed E-state index contributed by atoms with van der Waals surface area (Å²) < 4.78 is 11.1. The van der Waals surface area contributed by atoms with Gasteiger partial charge in [0.15, 0.2) is 17.5 Å². The Morgan fingerprint density at radius 2 is 1.77 bits per heavy atom. The lowest BCUT2D eigenvalue weighted by Gasteiger charge is -2.37. The first-order valence-electron chi connectivity index (χ1n) is 10.7. The Labute approximate surface area is 180 Å². The average Bonchev–Trinajstić information content (AvgIpc) is 2.79. The molecule has 0 bridgehead atoms. The zero-order valence-corrected chi connectivity index (χ0v) is 18.6. The number of methoxy groups -OCH3 is 1. The van der Waals surface area contributed by atoms with Crippen LogP contribution in [-0.2, 0) is 11.3 Å². The third-order valence-corrected chi connectivity index (χ3v) is 5.83. The fraction of sp³-hybridized carbons (Fsp3) is 0.458. The minimum Gasteiger partial charge on any atom is -0.493 e. The molecule has 30 heavy (non-hydrogen) atoms. The lowest BCUT2D eigenvalue weighted by Crippen LogP contribution is -3.12. The number of ether oxygens (including phenoxy) is 2. The molecule has 1 amide bonds. The number of hydrogen-bond donors (Lipinski definition) is 1. The van der Waals surface area contributed by atoms with Gasteiger partial charge in [0, 0.05) is 37.4 Å². The first-order valence-corrected chi connectivity index (χ1v) is 10.7. The van der Waals surface area contributed by atoms with E-state index in [1.165, 1.54) is 5.69 Å². The van der Waals surface area contributed by atoms with Gasteiger partial charge in [-0.15, -0.1) is 0 Å². The molecule has 1 fully saturated rings. The monoisotopic (exact) mass is 412 g/mol. The van der Waals surface area contributed by atoms with Crippen LogP contribution in [-0.4, -0.2) is 63.8 Å². The number of carbonyl (C=O) groups excluding carboxylic acids is 1. The number of piperazine rings is 1. The van der Waals surface area contributed by atoms with Crippen molar-refractivity contribution in [3.05, 3.63) is 54.1 Å². The highest BCUT2D eigenvalue weighted by Gasteiger charge is 2.29. The summed E-state index contributed by atoms with van der Waals surface area (Å²) in [5.41, 5.74) is 2.35. The minimum absolute atomic E-state index is 0.106. The van der Waals surface area contributed by atoms with Crippen LogP contribution in [0.1, 0.15) is 19.4 Å². The highest BCUT2D eigenvalue weighted by atomic mass is 16.5. The number of carbonyl (C=O) groups is 1. The second-order valence-electron chi connectivity index (χ2n) is 7.81. The SMILES string of the molecule is CCOc1ccc(C[NH+](C)[C@H](C)C(=O)N2CCN(c3ccccc3)CC2)cc1OC. The summed E-state index contributed by atoms with van der Waals surface area (Å²) >= 11 is 0. The van der Waals surface area contributed by atoms with Crippen LogP contribution in [0.15, 0.2) is 48.5 Å². The van der Waals surface area contributed by atoms with Crippen LogP contribution in [0, 0.1) is 0 Å². The molecule has 6 heteroatoms. The molecule has 1 unspecified atom stereocenters. The van der Waals surface area contributed by atoms with Gasteiger partial charge >= 0.3 is 0 Å². The highest BCUT2D eigenvalue weighted by Crippen LogP contribution is 2.27. The zero-order valence-electron chi connectivity index (χ0n) is 18.6. The number of para-hydroxylation sites is 1. The number of nitrogens with zero attached hydrogens (tertiary/aromatic N) is 2. The molecule has 6 nitrogen and oxygen atoms in total. The molecule has 2 aromatic rings. The average molecular weight is 413 g/mol. The molecule has 2 aromatic carbocycles. The topological polar surface area (TPSA) is 46.5 Å². The molecule has 1 aliphatic heterocycles. The van der Waals surface area contributed by atoms with E-state index in [2.05, 4.69) is 36.2 Å². The standard InChI is InChI=1S/C24H33N3O3/c1-5-30-22-12-11-20(17-23(22)29-4)18-25(3)19(2)24(28)27-15-13-26(14-16-27)21-9-7-6-8-10-21/h6-12,17,19H,5,13-16,18H2,1-4H3/p+1/t19-/m1/s1. The van der Waals surface area contributed by atoms with Gasteiger partial charge in [0.1, 0.15) is 6.54 Å². The second-order valence-corrected chi connectivity index (χ2v) is 7.81. The summed E-state index contributed by atoms with van der Waals surface area (Å²) in [7, 11) is 3.73. The van der Waals surface area contributed by atoms with Crippen molar-refractivity contribution in [2.45, 2.75) is 26.4 Å². The number of benzene rings is 2. The number of quaternary nitrogens is 1. The van der Waals surface area contributed by atoms with Gasteiger partial charge in [-0.05, 0) is 44.2 Å². The number of amides is 1. The van der Waals surface area contributed by atoms with Gasteiger partial charge in [-0.2, -0.15) is 0 Å². The number of hydrogen-bond acceptors (Lipinski definition) is 4. The zero-order chi connectivity index (χ0) is 21.5. The quantitative estimate of drug-likeness (QED) is 0.719. The fourth-order valence-electron chi connectivity index (χ4n) is 3.88. The molecule has 0 aromatic heterocycles. The van der Waals surface area contributed by atoms with Gasteiger partial charge in [-0.3, -0.25) is 4.79 Å². The van der Waals surface area contributed by atoms with Crippen molar-refractivity contribution < 1.29 is 19.2 Å². The molecule has 2 atom stereocenters. The summed E-state index contributed by atoms with van der Waals surface area (Å²) in [6.45, 7) is 8.61. The van der Waals surface area contributed by atoms with Gasteiger partial charge in [0.05, 0.1) is 20.8 Å². The molecular weight excluding hydrogens is 378 g/mol. The molecule has 1 N–H and O–H groups in total. The Morgan fingerprint density at radius 3 is 2.40 bits per heavy atom. The van der Waals surface area contributed by atoms with Crippen molar-refractivity contribution in [1.82, 2.24) is 4.90 Å². The number of anilines is 1. The van der Waals surface area contributed by atoms with Crippen LogP contribution in [0.4, 0.5) is 5.69 Å². The van der Waals surface area contributed by atoms with E-state index < -0.39 is 0 Å². The molecule has 3 rings (SSSR count). The normalized spacial score (nSPS) is 16.1. The summed E-state index contributed by atoms with van der Waals surface area (Å²) in [6, 6.07) is 16.3. The second kappa shape index (κ2) is 10.3. The van der Waals surface area contributed by atoms with E-state index in [0.717, 1.165) is 54.7 Å². The minimum atomic E-state index is -0.106. The van der Waals surface area contributed by atoms with Crippen molar-refractivity contribution in [3.63, 3.8) is 0 Å². The summed E-state index contributed by atoms with van der Waals surface area (Å²) in [4.78, 5) is 18.6. The third-order valence-electron chi connectivity index (χ3n) is 5.83. The molecule has 162 valence electrons. The smallest absolute Gasteiger partial charge is 0.280 e. The van der Waals surface area contributed by atoms with Crippen molar-refractivity contribution in [1.29, 1.82) is 0 Å². The maximum Gasteiger partial charge on any atom is 0.280 e. The number of likely N-dealkylation sites (N-methyl/N-ethyl adjacent to an activating group) is 1. The van der Waals surface area contributed by atoms with Gasteiger partial charge < -0.3 is 24.2 Å². The largest absolute Gasteiger partial charge is 0.493 e. The Morgan fingerprint density at radius 1 is 1.07 bits per heavy atom. The molecular formula is C24H34N3O3+. The molecule has 0 aliphatic carbocycles. The molecule has 1 aliphatic rings. The van der Waals surface area contributed by atoms with Crippen LogP contribution in [0.5, 0.6) is 11.5 Å². The van der Waals surface area contributed by atoms with Crippen molar-refractivity contribution >= 4 is 11.6 Å². The molecule has 1 saturated heterocycles. The first kappa shape index (κ1) is 22.0. The van der Waals surface area contributed by atoms with E-state index in [9.17, 15) is 4.79 Å². The van der Waals surface area contributed by atoms with E-state index in [1.54, 1.807) is 7.11 Å². The highest BCUT2D eigenvalue weighted by molar-refractivity contribution is 5.80. The van der Waals surface area contributed by atoms with E-state index in [1.807, 2.05) is 43.0 Å². The first-order chi connectivity index (χ1) is 14.5. The predicted octanol–water partition coefficient (Wildman–Crippen LogP) is 1.85. The Kier molecular flexibility index (Phi) is 7.57.